The molecule has 3 N–H and O–H groups in total. The maximum absolute atomic E-state index is 12.5. The highest BCUT2D eigenvalue weighted by Crippen LogP contribution is 2.21. The molecule has 1 fully saturated rings. The van der Waals surface area contributed by atoms with Crippen LogP contribution in [0.2, 0.25) is 0 Å². The number of hydrogen-bond acceptors (Lipinski definition) is 4. The Labute approximate surface area is 169 Å². The number of hydrogen-bond donors (Lipinski definition) is 3. The number of likely N-dealkylation sites (tertiary alicyclic amines) is 1. The van der Waals surface area contributed by atoms with E-state index in [0.717, 1.165) is 17.8 Å². The van der Waals surface area contributed by atoms with Crippen LogP contribution in [-0.4, -0.2) is 50.0 Å². The molecule has 3 aromatic rings. The van der Waals surface area contributed by atoms with Crippen LogP contribution in [0, 0.1) is 11.8 Å². The molecule has 152 valence electrons. The first kappa shape index (κ1) is 19.2. The number of rotatable bonds is 7. The number of amides is 2. The summed E-state index contributed by atoms with van der Waals surface area (Å²) in [6.07, 6.45) is 3.77. The molecule has 0 bridgehead atoms. The average molecular weight is 394 g/mol. The van der Waals surface area contributed by atoms with Crippen molar-refractivity contribution in [2.75, 3.05) is 18.4 Å². The molecule has 2 amide bonds. The standard InChI is InChI=1S/C21H26N6O2/c1-13(2)11-27-12-15(9-19(27)28)20(29)24-21-23-18(25-26-21)8-7-14-10-22-17-6-4-3-5-16(14)17/h3-6,10,13,15,22H,7-9,11-12H2,1-2H3,(H2,23,24,25,26,29). The fraction of sp³-hybridized carbons (Fsp3) is 0.429. The van der Waals surface area contributed by atoms with Crippen LogP contribution in [0.25, 0.3) is 10.9 Å². The Morgan fingerprint density at radius 3 is 2.97 bits per heavy atom. The van der Waals surface area contributed by atoms with Gasteiger partial charge >= 0.3 is 0 Å². The summed E-state index contributed by atoms with van der Waals surface area (Å²) in [7, 11) is 0. The molecule has 2 aromatic heterocycles. The van der Waals surface area contributed by atoms with Crippen molar-refractivity contribution in [1.82, 2.24) is 25.1 Å². The molecule has 4 rings (SSSR count). The molecule has 1 aromatic carbocycles. The van der Waals surface area contributed by atoms with Crippen LogP contribution in [0.4, 0.5) is 5.95 Å². The van der Waals surface area contributed by atoms with E-state index < -0.39 is 0 Å². The molecule has 29 heavy (non-hydrogen) atoms. The van der Waals surface area contributed by atoms with E-state index in [9.17, 15) is 9.59 Å². The summed E-state index contributed by atoms with van der Waals surface area (Å²) in [6, 6.07) is 8.18. The van der Waals surface area contributed by atoms with Gasteiger partial charge in [-0.15, -0.1) is 5.10 Å². The highest BCUT2D eigenvalue weighted by molar-refractivity contribution is 5.96. The van der Waals surface area contributed by atoms with E-state index in [0.29, 0.717) is 25.4 Å². The topological polar surface area (TPSA) is 107 Å². The summed E-state index contributed by atoms with van der Waals surface area (Å²) < 4.78 is 0. The van der Waals surface area contributed by atoms with Crippen molar-refractivity contribution in [1.29, 1.82) is 0 Å². The zero-order chi connectivity index (χ0) is 20.4. The number of fused-ring (bicyclic) bond motifs is 1. The number of anilines is 1. The summed E-state index contributed by atoms with van der Waals surface area (Å²) in [5.41, 5.74) is 2.34. The quantitative estimate of drug-likeness (QED) is 0.572. The lowest BCUT2D eigenvalue weighted by Crippen LogP contribution is -2.31. The minimum absolute atomic E-state index is 0.0354. The number of carbonyl (C=O) groups excluding carboxylic acids is 2. The van der Waals surface area contributed by atoms with E-state index >= 15 is 0 Å². The maximum Gasteiger partial charge on any atom is 0.248 e. The molecule has 1 saturated heterocycles. The SMILES string of the molecule is CC(C)CN1CC(C(=O)Nc2n[nH]c(CCc3c[nH]c4ccccc34)n2)CC1=O. The van der Waals surface area contributed by atoms with E-state index in [-0.39, 0.29) is 30.1 Å². The molecule has 8 heteroatoms. The third-order valence-electron chi connectivity index (χ3n) is 5.24. The highest BCUT2D eigenvalue weighted by Gasteiger charge is 2.34. The van der Waals surface area contributed by atoms with Gasteiger partial charge in [0.25, 0.3) is 0 Å². The molecule has 8 nitrogen and oxygen atoms in total. The van der Waals surface area contributed by atoms with Crippen LogP contribution in [-0.2, 0) is 22.4 Å². The van der Waals surface area contributed by atoms with Crippen molar-refractivity contribution in [3.8, 4) is 0 Å². The second kappa shape index (κ2) is 8.06. The summed E-state index contributed by atoms with van der Waals surface area (Å²) in [5, 5.41) is 10.9. The smallest absolute Gasteiger partial charge is 0.248 e. The number of aromatic amines is 2. The van der Waals surface area contributed by atoms with Crippen molar-refractivity contribution >= 4 is 28.7 Å². The molecule has 0 radical (unpaired) electrons. The first-order chi connectivity index (χ1) is 14.0. The van der Waals surface area contributed by atoms with Crippen LogP contribution in [0.5, 0.6) is 0 Å². The Kier molecular flexibility index (Phi) is 5.33. The lowest BCUT2D eigenvalue weighted by molar-refractivity contribution is -0.128. The van der Waals surface area contributed by atoms with Gasteiger partial charge in [-0.25, -0.2) is 0 Å². The first-order valence-electron chi connectivity index (χ1n) is 10.0. The third kappa shape index (κ3) is 4.31. The van der Waals surface area contributed by atoms with Gasteiger partial charge in [0, 0.05) is 43.0 Å². The number of carbonyl (C=O) groups is 2. The van der Waals surface area contributed by atoms with E-state index in [4.69, 9.17) is 0 Å². The fourth-order valence-electron chi connectivity index (χ4n) is 3.83. The van der Waals surface area contributed by atoms with Crippen LogP contribution >= 0.6 is 0 Å². The van der Waals surface area contributed by atoms with Gasteiger partial charge in [0.15, 0.2) is 0 Å². The van der Waals surface area contributed by atoms with Gasteiger partial charge < -0.3 is 9.88 Å². The van der Waals surface area contributed by atoms with Gasteiger partial charge in [0.1, 0.15) is 5.82 Å². The largest absolute Gasteiger partial charge is 0.361 e. The average Bonchev–Trinajstić information content (AvgIpc) is 3.39. The van der Waals surface area contributed by atoms with Crippen LogP contribution in [0.1, 0.15) is 31.7 Å². The van der Waals surface area contributed by atoms with Crippen molar-refractivity contribution in [3.05, 3.63) is 41.9 Å². The molecule has 0 saturated carbocycles. The number of nitrogens with one attached hydrogen (secondary N) is 3. The van der Waals surface area contributed by atoms with Crippen molar-refractivity contribution in [2.45, 2.75) is 33.1 Å². The van der Waals surface area contributed by atoms with Crippen molar-refractivity contribution < 1.29 is 9.59 Å². The number of aryl methyl sites for hydroxylation is 2. The molecular formula is C21H26N6O2. The summed E-state index contributed by atoms with van der Waals surface area (Å²) in [4.78, 5) is 34.0. The van der Waals surface area contributed by atoms with E-state index in [1.54, 1.807) is 4.90 Å². The number of aromatic nitrogens is 4. The monoisotopic (exact) mass is 394 g/mol. The molecule has 0 spiro atoms. The van der Waals surface area contributed by atoms with E-state index in [1.807, 2.05) is 18.3 Å². The molecule has 0 aliphatic carbocycles. The predicted octanol–water partition coefficient (Wildman–Crippen LogP) is 2.51. The van der Waals surface area contributed by atoms with Crippen molar-refractivity contribution in [2.24, 2.45) is 11.8 Å². The lowest BCUT2D eigenvalue weighted by atomic mass is 10.1. The fourth-order valence-corrected chi connectivity index (χ4v) is 3.83. The second-order valence-corrected chi connectivity index (χ2v) is 8.05. The van der Waals surface area contributed by atoms with Gasteiger partial charge in [0.2, 0.25) is 17.8 Å². The Balaban J connectivity index is 1.32. The Bertz CT molecular complexity index is 1020. The number of nitrogens with zero attached hydrogens (tertiary/aromatic N) is 3. The van der Waals surface area contributed by atoms with Gasteiger partial charge in [-0.1, -0.05) is 32.0 Å². The molecule has 1 atom stereocenters. The van der Waals surface area contributed by atoms with Crippen LogP contribution in [0.3, 0.4) is 0 Å². The number of H-pyrrole nitrogens is 2. The number of para-hydroxylation sites is 1. The Morgan fingerprint density at radius 1 is 1.31 bits per heavy atom. The van der Waals surface area contributed by atoms with E-state index in [1.165, 1.54) is 10.9 Å². The van der Waals surface area contributed by atoms with Gasteiger partial charge in [0.05, 0.1) is 5.92 Å². The molecule has 3 heterocycles. The molecule has 1 unspecified atom stereocenters. The first-order valence-corrected chi connectivity index (χ1v) is 10.0. The third-order valence-corrected chi connectivity index (χ3v) is 5.24. The van der Waals surface area contributed by atoms with E-state index in [2.05, 4.69) is 51.5 Å². The van der Waals surface area contributed by atoms with Gasteiger partial charge in [-0.3, -0.25) is 20.0 Å². The van der Waals surface area contributed by atoms with Crippen LogP contribution < -0.4 is 5.32 Å². The normalized spacial score (nSPS) is 16.9. The number of benzene rings is 1. The summed E-state index contributed by atoms with van der Waals surface area (Å²) >= 11 is 0. The predicted molar refractivity (Wildman–Crippen MR) is 110 cm³/mol. The zero-order valence-electron chi connectivity index (χ0n) is 16.7. The minimum atomic E-state index is -0.352. The van der Waals surface area contributed by atoms with Crippen molar-refractivity contribution in [3.63, 3.8) is 0 Å². The molecular weight excluding hydrogens is 368 g/mol. The highest BCUT2D eigenvalue weighted by atomic mass is 16.2. The van der Waals surface area contributed by atoms with Gasteiger partial charge in [-0.05, 0) is 24.0 Å². The maximum atomic E-state index is 12.5. The van der Waals surface area contributed by atoms with Crippen LogP contribution in [0.15, 0.2) is 30.5 Å². The summed E-state index contributed by atoms with van der Waals surface area (Å²) in [6.45, 7) is 5.26. The Hall–Kier alpha value is -3.16. The zero-order valence-corrected chi connectivity index (χ0v) is 16.7. The lowest BCUT2D eigenvalue weighted by Gasteiger charge is -2.18. The second-order valence-electron chi connectivity index (χ2n) is 8.05. The molecule has 1 aliphatic rings. The molecule has 1 aliphatic heterocycles. The van der Waals surface area contributed by atoms with Gasteiger partial charge in [-0.2, -0.15) is 4.98 Å². The minimum Gasteiger partial charge on any atom is -0.361 e. The summed E-state index contributed by atoms with van der Waals surface area (Å²) in [5.74, 6) is 0.844. The Morgan fingerprint density at radius 2 is 2.14 bits per heavy atom.